The number of amides is 1. The minimum atomic E-state index is -0.922. The Hall–Kier alpha value is -1.98. The first-order chi connectivity index (χ1) is 11.3. The van der Waals surface area contributed by atoms with Crippen LogP contribution in [0.3, 0.4) is 0 Å². The fraction of sp³-hybridized carbons (Fsp3) is 0.556. The highest BCUT2D eigenvalue weighted by atomic mass is 19.2. The zero-order chi connectivity index (χ0) is 17.1. The van der Waals surface area contributed by atoms with Crippen molar-refractivity contribution in [1.29, 1.82) is 0 Å². The third-order valence-corrected chi connectivity index (χ3v) is 5.61. The van der Waals surface area contributed by atoms with E-state index in [1.54, 1.807) is 0 Å². The van der Waals surface area contributed by atoms with Crippen molar-refractivity contribution in [3.8, 4) is 0 Å². The topological polar surface area (TPSA) is 46.9 Å². The first-order valence-electron chi connectivity index (χ1n) is 8.48. The maximum absolute atomic E-state index is 13.7. The monoisotopic (exact) mass is 333 g/mol. The number of nitrogens with zero attached hydrogens (tertiary/aromatic N) is 2. The van der Waals surface area contributed by atoms with E-state index in [1.807, 2.05) is 4.57 Å². The first kappa shape index (κ1) is 15.5. The average molecular weight is 333 g/mol. The van der Waals surface area contributed by atoms with Gasteiger partial charge in [0.05, 0.1) is 11.0 Å². The van der Waals surface area contributed by atoms with Gasteiger partial charge >= 0.3 is 0 Å². The number of imidazole rings is 1. The summed E-state index contributed by atoms with van der Waals surface area (Å²) in [6.07, 6.45) is 5.51. The SMILES string of the molecule is CC1(CC(=O)Nc2nc3cc(F)c(F)cc3n2C2(C)CCC2)CC1. The predicted octanol–water partition coefficient (Wildman–Crippen LogP) is 4.34. The molecule has 0 bridgehead atoms. The number of anilines is 1. The Morgan fingerprint density at radius 3 is 2.46 bits per heavy atom. The first-order valence-corrected chi connectivity index (χ1v) is 8.48. The third kappa shape index (κ3) is 2.48. The molecule has 2 aliphatic carbocycles. The molecule has 2 fully saturated rings. The zero-order valence-corrected chi connectivity index (χ0v) is 14.0. The molecule has 1 amide bonds. The second-order valence-electron chi connectivity index (χ2n) is 7.91. The lowest BCUT2D eigenvalue weighted by atomic mass is 9.78. The van der Waals surface area contributed by atoms with E-state index < -0.39 is 11.6 Å². The van der Waals surface area contributed by atoms with Crippen molar-refractivity contribution in [1.82, 2.24) is 9.55 Å². The van der Waals surface area contributed by atoms with Gasteiger partial charge in [-0.3, -0.25) is 10.1 Å². The molecule has 0 radical (unpaired) electrons. The summed E-state index contributed by atoms with van der Waals surface area (Å²) in [5.74, 6) is -1.51. The summed E-state index contributed by atoms with van der Waals surface area (Å²) in [5, 5.41) is 2.88. The number of carbonyl (C=O) groups is 1. The molecule has 4 rings (SSSR count). The molecule has 2 aromatic rings. The van der Waals surface area contributed by atoms with Crippen LogP contribution in [-0.4, -0.2) is 15.5 Å². The molecule has 2 aliphatic rings. The molecule has 128 valence electrons. The van der Waals surface area contributed by atoms with Gasteiger partial charge in [-0.2, -0.15) is 0 Å². The van der Waals surface area contributed by atoms with Crippen LogP contribution in [0.5, 0.6) is 0 Å². The highest BCUT2D eigenvalue weighted by molar-refractivity contribution is 5.92. The van der Waals surface area contributed by atoms with E-state index in [0.717, 1.165) is 38.2 Å². The molecule has 24 heavy (non-hydrogen) atoms. The standard InChI is InChI=1S/C18H21F2N3O/c1-17(6-7-17)10-15(24)22-16-21-13-8-11(19)12(20)9-14(13)23(16)18(2)4-3-5-18/h8-9H,3-7,10H2,1-2H3,(H,21,22,24). The van der Waals surface area contributed by atoms with Crippen LogP contribution in [0, 0.1) is 17.0 Å². The van der Waals surface area contributed by atoms with Gasteiger partial charge < -0.3 is 4.57 Å². The summed E-state index contributed by atoms with van der Waals surface area (Å²) in [4.78, 5) is 16.7. The molecule has 6 heteroatoms. The van der Waals surface area contributed by atoms with Crippen molar-refractivity contribution in [2.24, 2.45) is 5.41 Å². The molecular formula is C18H21F2N3O. The van der Waals surface area contributed by atoms with Crippen molar-refractivity contribution >= 4 is 22.9 Å². The van der Waals surface area contributed by atoms with Gasteiger partial charge in [-0.1, -0.05) is 6.92 Å². The largest absolute Gasteiger partial charge is 0.304 e. The van der Waals surface area contributed by atoms with Gasteiger partial charge in [0, 0.05) is 24.1 Å². The highest BCUT2D eigenvalue weighted by Gasteiger charge is 2.40. The number of hydrogen-bond donors (Lipinski definition) is 1. The van der Waals surface area contributed by atoms with Gasteiger partial charge in [0.2, 0.25) is 11.9 Å². The Morgan fingerprint density at radius 1 is 1.21 bits per heavy atom. The van der Waals surface area contributed by atoms with Crippen molar-refractivity contribution in [2.75, 3.05) is 5.32 Å². The van der Waals surface area contributed by atoms with E-state index >= 15 is 0 Å². The summed E-state index contributed by atoms with van der Waals surface area (Å²) in [7, 11) is 0. The summed E-state index contributed by atoms with van der Waals surface area (Å²) >= 11 is 0. The van der Waals surface area contributed by atoms with Crippen LogP contribution in [0.4, 0.5) is 14.7 Å². The minimum Gasteiger partial charge on any atom is -0.304 e. The van der Waals surface area contributed by atoms with Gasteiger partial charge in [-0.15, -0.1) is 0 Å². The number of benzene rings is 1. The van der Waals surface area contributed by atoms with Crippen LogP contribution in [0.1, 0.15) is 52.4 Å². The molecule has 0 spiro atoms. The summed E-state index contributed by atoms with van der Waals surface area (Å²) in [6.45, 7) is 4.16. The maximum Gasteiger partial charge on any atom is 0.227 e. The van der Waals surface area contributed by atoms with E-state index in [2.05, 4.69) is 24.1 Å². The molecule has 1 aromatic carbocycles. The fourth-order valence-corrected chi connectivity index (χ4v) is 3.56. The summed E-state index contributed by atoms with van der Waals surface area (Å²) in [5.41, 5.74) is 0.781. The molecule has 2 saturated carbocycles. The van der Waals surface area contributed by atoms with Gasteiger partial charge in [-0.25, -0.2) is 13.8 Å². The lowest BCUT2D eigenvalue weighted by Crippen LogP contribution is -2.38. The lowest BCUT2D eigenvalue weighted by molar-refractivity contribution is -0.117. The molecular weight excluding hydrogens is 312 g/mol. The van der Waals surface area contributed by atoms with Crippen molar-refractivity contribution in [2.45, 2.75) is 57.9 Å². The zero-order valence-electron chi connectivity index (χ0n) is 14.0. The quantitative estimate of drug-likeness (QED) is 0.904. The van der Waals surface area contributed by atoms with Crippen LogP contribution in [0.2, 0.25) is 0 Å². The Labute approximate surface area is 139 Å². The fourth-order valence-electron chi connectivity index (χ4n) is 3.56. The van der Waals surface area contributed by atoms with Gasteiger partial charge in [0.25, 0.3) is 0 Å². The number of aromatic nitrogens is 2. The number of carbonyl (C=O) groups excluding carboxylic acids is 1. The second kappa shape index (κ2) is 5.01. The predicted molar refractivity (Wildman–Crippen MR) is 87.7 cm³/mol. The summed E-state index contributed by atoms with van der Waals surface area (Å²) in [6, 6.07) is 2.28. The third-order valence-electron chi connectivity index (χ3n) is 5.61. The Morgan fingerprint density at radius 2 is 1.88 bits per heavy atom. The van der Waals surface area contributed by atoms with Crippen LogP contribution in [-0.2, 0) is 10.3 Å². The molecule has 0 saturated heterocycles. The van der Waals surface area contributed by atoms with E-state index in [1.165, 1.54) is 6.07 Å². The number of fused-ring (bicyclic) bond motifs is 1. The Kier molecular flexibility index (Phi) is 3.24. The smallest absolute Gasteiger partial charge is 0.227 e. The molecule has 0 aliphatic heterocycles. The van der Waals surface area contributed by atoms with Gasteiger partial charge in [-0.05, 0) is 44.4 Å². The molecule has 1 N–H and O–H groups in total. The van der Waals surface area contributed by atoms with Crippen LogP contribution >= 0.6 is 0 Å². The normalized spacial score (nSPS) is 20.7. The lowest BCUT2D eigenvalue weighted by Gasteiger charge is -2.41. The molecule has 1 heterocycles. The Balaban J connectivity index is 1.75. The van der Waals surface area contributed by atoms with Gasteiger partial charge in [0.1, 0.15) is 0 Å². The number of hydrogen-bond acceptors (Lipinski definition) is 2. The number of rotatable bonds is 4. The summed E-state index contributed by atoms with van der Waals surface area (Å²) < 4.78 is 29.2. The molecule has 4 nitrogen and oxygen atoms in total. The van der Waals surface area contributed by atoms with Crippen molar-refractivity contribution < 1.29 is 13.6 Å². The number of halogens is 2. The number of nitrogens with one attached hydrogen (secondary N) is 1. The highest BCUT2D eigenvalue weighted by Crippen LogP contribution is 2.48. The van der Waals surface area contributed by atoms with E-state index in [4.69, 9.17) is 0 Å². The molecule has 1 aromatic heterocycles. The van der Waals surface area contributed by atoms with Gasteiger partial charge in [0.15, 0.2) is 11.6 Å². The van der Waals surface area contributed by atoms with Crippen molar-refractivity contribution in [3.05, 3.63) is 23.8 Å². The minimum absolute atomic E-state index is 0.0876. The van der Waals surface area contributed by atoms with Crippen LogP contribution in [0.15, 0.2) is 12.1 Å². The van der Waals surface area contributed by atoms with E-state index in [-0.39, 0.29) is 16.9 Å². The Bertz CT molecular complexity index is 834. The molecule has 0 atom stereocenters. The molecule has 0 unspecified atom stereocenters. The second-order valence-corrected chi connectivity index (χ2v) is 7.91. The van der Waals surface area contributed by atoms with E-state index in [0.29, 0.717) is 23.4 Å². The average Bonchev–Trinajstić information content (AvgIpc) is 3.08. The van der Waals surface area contributed by atoms with Crippen LogP contribution in [0.25, 0.3) is 11.0 Å². The van der Waals surface area contributed by atoms with Crippen LogP contribution < -0.4 is 5.32 Å². The maximum atomic E-state index is 13.7. The van der Waals surface area contributed by atoms with Crippen molar-refractivity contribution in [3.63, 3.8) is 0 Å². The van der Waals surface area contributed by atoms with E-state index in [9.17, 15) is 13.6 Å².